The number of nitrogens with zero attached hydrogens (tertiary/aromatic N) is 1. The SMILES string of the molecule is CC(C)(C)OC(=O)N1C[C@@H]2CC[C@H](CC(NC(=O)c3ccc4c(c3)OC(F)(F)O4)C2)C1. The lowest BCUT2D eigenvalue weighted by Gasteiger charge is -2.33. The zero-order valence-electron chi connectivity index (χ0n) is 18.0. The van der Waals surface area contributed by atoms with Crippen LogP contribution < -0.4 is 14.8 Å². The summed E-state index contributed by atoms with van der Waals surface area (Å²) in [7, 11) is 0. The standard InChI is InChI=1S/C22H28F2N2O5/c1-21(2,3)31-20(28)26-11-13-4-5-14(12-26)9-16(8-13)25-19(27)15-6-7-17-18(10-15)30-22(23,24)29-17/h6-7,10,13-14,16H,4-5,8-9,11-12H2,1-3H3,(H,25,27)/t13-,14-/m1/s1. The number of hydrogen-bond donors (Lipinski definition) is 1. The third-order valence-electron chi connectivity index (χ3n) is 5.83. The lowest BCUT2D eigenvalue weighted by molar-refractivity contribution is -0.286. The number of alkyl halides is 2. The maximum absolute atomic E-state index is 13.2. The Hall–Kier alpha value is -2.58. The predicted molar refractivity (Wildman–Crippen MR) is 107 cm³/mol. The monoisotopic (exact) mass is 438 g/mol. The summed E-state index contributed by atoms with van der Waals surface area (Å²) in [6.07, 6.45) is -0.501. The van der Waals surface area contributed by atoms with E-state index in [-0.39, 0.29) is 46.9 Å². The highest BCUT2D eigenvalue weighted by molar-refractivity contribution is 5.95. The quantitative estimate of drug-likeness (QED) is 0.750. The van der Waals surface area contributed by atoms with Crippen LogP contribution >= 0.6 is 0 Å². The van der Waals surface area contributed by atoms with E-state index in [0.29, 0.717) is 13.1 Å². The molecule has 2 amide bonds. The molecule has 2 heterocycles. The van der Waals surface area contributed by atoms with Crippen molar-refractivity contribution in [2.24, 2.45) is 11.8 Å². The number of carbonyl (C=O) groups is 2. The molecule has 0 unspecified atom stereocenters. The van der Waals surface area contributed by atoms with Crippen LogP contribution in [0.4, 0.5) is 13.6 Å². The fraction of sp³-hybridized carbons (Fsp3) is 0.636. The predicted octanol–water partition coefficient (Wildman–Crippen LogP) is 4.16. The number of fused-ring (bicyclic) bond motifs is 4. The molecule has 4 rings (SSSR count). The van der Waals surface area contributed by atoms with Gasteiger partial charge in [0, 0.05) is 24.7 Å². The number of ether oxygens (including phenoxy) is 3. The van der Waals surface area contributed by atoms with Crippen LogP contribution in [0.15, 0.2) is 18.2 Å². The maximum atomic E-state index is 13.2. The second-order valence-electron chi connectivity index (χ2n) is 9.67. The highest BCUT2D eigenvalue weighted by Crippen LogP contribution is 2.41. The van der Waals surface area contributed by atoms with Crippen LogP contribution in [0.2, 0.25) is 0 Å². The Morgan fingerprint density at radius 1 is 1.10 bits per heavy atom. The van der Waals surface area contributed by atoms with Gasteiger partial charge in [-0.1, -0.05) is 0 Å². The summed E-state index contributed by atoms with van der Waals surface area (Å²) in [5.74, 6) is -0.0479. The molecule has 2 atom stereocenters. The minimum atomic E-state index is -3.71. The minimum absolute atomic E-state index is 0.0438. The second kappa shape index (κ2) is 7.84. The van der Waals surface area contributed by atoms with E-state index < -0.39 is 11.9 Å². The lowest BCUT2D eigenvalue weighted by Crippen LogP contribution is -2.45. The van der Waals surface area contributed by atoms with Crippen molar-refractivity contribution in [1.29, 1.82) is 0 Å². The highest BCUT2D eigenvalue weighted by Gasteiger charge is 2.43. The van der Waals surface area contributed by atoms with Crippen molar-refractivity contribution in [3.8, 4) is 11.5 Å². The van der Waals surface area contributed by atoms with Gasteiger partial charge in [0.05, 0.1) is 0 Å². The van der Waals surface area contributed by atoms with E-state index in [1.165, 1.54) is 18.2 Å². The highest BCUT2D eigenvalue weighted by atomic mass is 19.3. The molecule has 0 radical (unpaired) electrons. The first-order valence-electron chi connectivity index (χ1n) is 10.7. The van der Waals surface area contributed by atoms with Crippen LogP contribution in [0.5, 0.6) is 11.5 Å². The average Bonchev–Trinajstić information content (AvgIpc) is 2.76. The van der Waals surface area contributed by atoms with Gasteiger partial charge in [-0.25, -0.2) is 4.79 Å². The number of halogens is 2. The Morgan fingerprint density at radius 3 is 2.32 bits per heavy atom. The van der Waals surface area contributed by atoms with Gasteiger partial charge >= 0.3 is 12.4 Å². The molecule has 2 fully saturated rings. The number of carbonyl (C=O) groups excluding carboxylic acids is 2. The van der Waals surface area contributed by atoms with E-state index >= 15 is 0 Å². The van der Waals surface area contributed by atoms with Gasteiger partial charge in [0.15, 0.2) is 11.5 Å². The van der Waals surface area contributed by atoms with E-state index in [4.69, 9.17) is 4.74 Å². The average molecular weight is 438 g/mol. The van der Waals surface area contributed by atoms with Gasteiger partial charge in [0.2, 0.25) is 0 Å². The number of hydrogen-bond acceptors (Lipinski definition) is 5. The fourth-order valence-electron chi connectivity index (χ4n) is 4.59. The van der Waals surface area contributed by atoms with E-state index in [0.717, 1.165) is 25.7 Å². The molecule has 0 aromatic heterocycles. The summed E-state index contributed by atoms with van der Waals surface area (Å²) in [5.41, 5.74) is -0.298. The van der Waals surface area contributed by atoms with E-state index in [9.17, 15) is 18.4 Å². The van der Waals surface area contributed by atoms with E-state index in [2.05, 4.69) is 14.8 Å². The summed E-state index contributed by atoms with van der Waals surface area (Å²) in [4.78, 5) is 27.1. The van der Waals surface area contributed by atoms with Crippen molar-refractivity contribution in [2.75, 3.05) is 13.1 Å². The Labute approximate surface area is 180 Å². The van der Waals surface area contributed by atoms with Crippen LogP contribution in [0.1, 0.15) is 56.8 Å². The molecule has 2 bridgehead atoms. The van der Waals surface area contributed by atoms with Gasteiger partial charge in [-0.15, -0.1) is 8.78 Å². The molecular formula is C22H28F2N2O5. The third kappa shape index (κ3) is 5.19. The molecule has 0 spiro atoms. The molecule has 2 aliphatic heterocycles. The third-order valence-corrected chi connectivity index (χ3v) is 5.83. The van der Waals surface area contributed by atoms with Crippen LogP contribution in [-0.2, 0) is 4.74 Å². The maximum Gasteiger partial charge on any atom is 0.586 e. The van der Waals surface area contributed by atoms with Crippen molar-refractivity contribution in [3.63, 3.8) is 0 Å². The van der Waals surface area contributed by atoms with Crippen molar-refractivity contribution >= 4 is 12.0 Å². The van der Waals surface area contributed by atoms with Gasteiger partial charge in [0.1, 0.15) is 5.60 Å². The molecule has 1 saturated heterocycles. The molecule has 1 aliphatic carbocycles. The number of amides is 2. The summed E-state index contributed by atoms with van der Waals surface area (Å²) in [6, 6.07) is 3.98. The minimum Gasteiger partial charge on any atom is -0.444 e. The molecular weight excluding hydrogens is 410 g/mol. The zero-order valence-corrected chi connectivity index (χ0v) is 18.0. The Balaban J connectivity index is 1.39. The topological polar surface area (TPSA) is 77.1 Å². The fourth-order valence-corrected chi connectivity index (χ4v) is 4.59. The van der Waals surface area contributed by atoms with Gasteiger partial charge in [-0.05, 0) is 76.5 Å². The van der Waals surface area contributed by atoms with Gasteiger partial charge < -0.3 is 24.4 Å². The van der Waals surface area contributed by atoms with Crippen molar-refractivity contribution < 1.29 is 32.6 Å². The van der Waals surface area contributed by atoms with Gasteiger partial charge in [-0.3, -0.25) is 4.79 Å². The number of benzene rings is 1. The van der Waals surface area contributed by atoms with Crippen molar-refractivity contribution in [3.05, 3.63) is 23.8 Å². The molecule has 9 heteroatoms. The smallest absolute Gasteiger partial charge is 0.444 e. The summed E-state index contributed by atoms with van der Waals surface area (Å²) in [5, 5.41) is 3.04. The molecule has 31 heavy (non-hydrogen) atoms. The molecule has 170 valence electrons. The lowest BCUT2D eigenvalue weighted by atomic mass is 9.94. The molecule has 1 aromatic carbocycles. The number of rotatable bonds is 2. The number of nitrogens with one attached hydrogen (secondary N) is 1. The molecule has 1 aromatic rings. The van der Waals surface area contributed by atoms with Crippen molar-refractivity contribution in [2.45, 2.75) is 64.4 Å². The Morgan fingerprint density at radius 2 is 1.71 bits per heavy atom. The van der Waals surface area contributed by atoms with Gasteiger partial charge in [-0.2, -0.15) is 0 Å². The Bertz CT molecular complexity index is 854. The van der Waals surface area contributed by atoms with E-state index in [1.54, 1.807) is 4.90 Å². The first kappa shape index (κ1) is 21.6. The second-order valence-corrected chi connectivity index (χ2v) is 9.67. The van der Waals surface area contributed by atoms with Gasteiger partial charge in [0.25, 0.3) is 5.91 Å². The largest absolute Gasteiger partial charge is 0.586 e. The normalized spacial score (nSPS) is 25.0. The first-order chi connectivity index (χ1) is 14.5. The molecule has 1 N–H and O–H groups in total. The summed E-state index contributed by atoms with van der Waals surface area (Å²) < 4.78 is 40.8. The molecule has 3 aliphatic rings. The van der Waals surface area contributed by atoms with Crippen LogP contribution in [0.25, 0.3) is 0 Å². The zero-order chi connectivity index (χ0) is 22.4. The molecule has 1 saturated carbocycles. The summed E-state index contributed by atoms with van der Waals surface area (Å²) in [6.45, 7) is 6.78. The first-order valence-corrected chi connectivity index (χ1v) is 10.7. The van der Waals surface area contributed by atoms with Crippen LogP contribution in [0.3, 0.4) is 0 Å². The summed E-state index contributed by atoms with van der Waals surface area (Å²) >= 11 is 0. The molecule has 7 nitrogen and oxygen atoms in total. The van der Waals surface area contributed by atoms with E-state index in [1.807, 2.05) is 20.8 Å². The number of likely N-dealkylation sites (tertiary alicyclic amines) is 1. The van der Waals surface area contributed by atoms with Crippen LogP contribution in [-0.4, -0.2) is 47.9 Å². The Kier molecular flexibility index (Phi) is 5.47. The van der Waals surface area contributed by atoms with Crippen LogP contribution in [0, 0.1) is 11.8 Å². The van der Waals surface area contributed by atoms with Crippen molar-refractivity contribution in [1.82, 2.24) is 10.2 Å².